The number of ether oxygens (including phenoxy) is 1. The Labute approximate surface area is 200 Å². The number of rotatable bonds is 10. The summed E-state index contributed by atoms with van der Waals surface area (Å²) in [5.74, 6) is 2.22. The van der Waals surface area contributed by atoms with Gasteiger partial charge in [-0.2, -0.15) is 0 Å². The van der Waals surface area contributed by atoms with Crippen molar-refractivity contribution in [1.82, 2.24) is 20.9 Å². The molecular formula is C22H44IN5O2. The fraction of sp³-hybridized carbons (Fsp3) is 0.909. The van der Waals surface area contributed by atoms with Crippen molar-refractivity contribution in [3.8, 4) is 0 Å². The Morgan fingerprint density at radius 3 is 2.37 bits per heavy atom. The van der Waals surface area contributed by atoms with Crippen molar-refractivity contribution in [1.29, 1.82) is 0 Å². The predicted molar refractivity (Wildman–Crippen MR) is 135 cm³/mol. The molecule has 30 heavy (non-hydrogen) atoms. The lowest BCUT2D eigenvalue weighted by atomic mass is 9.87. The number of carbonyl (C=O) groups is 1. The van der Waals surface area contributed by atoms with Crippen LogP contribution in [-0.4, -0.2) is 75.8 Å². The number of morpholine rings is 1. The van der Waals surface area contributed by atoms with Gasteiger partial charge in [0, 0.05) is 52.2 Å². The highest BCUT2D eigenvalue weighted by Crippen LogP contribution is 2.25. The largest absolute Gasteiger partial charge is 0.379 e. The highest BCUT2D eigenvalue weighted by atomic mass is 127. The van der Waals surface area contributed by atoms with Gasteiger partial charge in [-0.1, -0.05) is 33.1 Å². The SMILES string of the molecule is CN=C(NCCNC(=O)CC1CCCCC1)NCC(CC(C)C)N1CCOCC1.I. The van der Waals surface area contributed by atoms with E-state index in [0.29, 0.717) is 37.4 Å². The number of carbonyl (C=O) groups excluding carboxylic acids is 1. The molecule has 1 amide bonds. The first-order chi connectivity index (χ1) is 14.1. The Morgan fingerprint density at radius 1 is 1.07 bits per heavy atom. The van der Waals surface area contributed by atoms with Gasteiger partial charge >= 0.3 is 0 Å². The molecule has 1 atom stereocenters. The summed E-state index contributed by atoms with van der Waals surface area (Å²) < 4.78 is 5.50. The Morgan fingerprint density at radius 2 is 1.73 bits per heavy atom. The number of nitrogens with zero attached hydrogens (tertiary/aromatic N) is 2. The predicted octanol–water partition coefficient (Wildman–Crippen LogP) is 2.60. The van der Waals surface area contributed by atoms with Crippen LogP contribution in [0.2, 0.25) is 0 Å². The van der Waals surface area contributed by atoms with E-state index in [4.69, 9.17) is 4.74 Å². The number of halogens is 1. The van der Waals surface area contributed by atoms with Crippen molar-refractivity contribution in [3.63, 3.8) is 0 Å². The average Bonchev–Trinajstić information content (AvgIpc) is 2.73. The Hall–Kier alpha value is -0.610. The van der Waals surface area contributed by atoms with Crippen LogP contribution in [0.3, 0.4) is 0 Å². The summed E-state index contributed by atoms with van der Waals surface area (Å²) in [6.07, 6.45) is 8.15. The van der Waals surface area contributed by atoms with Crippen molar-refractivity contribution in [3.05, 3.63) is 0 Å². The molecule has 8 heteroatoms. The Kier molecular flexibility index (Phi) is 14.7. The molecule has 0 spiro atoms. The highest BCUT2D eigenvalue weighted by molar-refractivity contribution is 14.0. The molecule has 1 heterocycles. The fourth-order valence-corrected chi connectivity index (χ4v) is 4.39. The lowest BCUT2D eigenvalue weighted by molar-refractivity contribution is -0.122. The third kappa shape index (κ3) is 11.1. The van der Waals surface area contributed by atoms with Gasteiger partial charge in [0.2, 0.25) is 5.91 Å². The van der Waals surface area contributed by atoms with Gasteiger partial charge in [-0.3, -0.25) is 14.7 Å². The van der Waals surface area contributed by atoms with E-state index in [9.17, 15) is 4.79 Å². The first-order valence-corrected chi connectivity index (χ1v) is 11.6. The smallest absolute Gasteiger partial charge is 0.220 e. The molecule has 1 aliphatic carbocycles. The minimum atomic E-state index is 0. The van der Waals surface area contributed by atoms with Crippen molar-refractivity contribution < 1.29 is 9.53 Å². The second-order valence-corrected chi connectivity index (χ2v) is 8.87. The Balaban J connectivity index is 0.00000450. The minimum Gasteiger partial charge on any atom is -0.379 e. The van der Waals surface area contributed by atoms with E-state index in [1.165, 1.54) is 32.1 Å². The van der Waals surface area contributed by atoms with Crippen LogP contribution < -0.4 is 16.0 Å². The van der Waals surface area contributed by atoms with Gasteiger partial charge in [0.05, 0.1) is 13.2 Å². The molecule has 0 radical (unpaired) electrons. The first kappa shape index (κ1) is 27.4. The summed E-state index contributed by atoms with van der Waals surface area (Å²) in [6.45, 7) is 10.4. The second kappa shape index (κ2) is 16.1. The zero-order chi connectivity index (χ0) is 20.9. The van der Waals surface area contributed by atoms with Gasteiger partial charge in [0.1, 0.15) is 0 Å². The van der Waals surface area contributed by atoms with E-state index < -0.39 is 0 Å². The number of hydrogen-bond donors (Lipinski definition) is 3. The maximum absolute atomic E-state index is 12.1. The van der Waals surface area contributed by atoms with E-state index in [1.54, 1.807) is 7.05 Å². The van der Waals surface area contributed by atoms with Crippen LogP contribution in [0.25, 0.3) is 0 Å². The van der Waals surface area contributed by atoms with E-state index in [2.05, 4.69) is 39.7 Å². The van der Waals surface area contributed by atoms with Gasteiger partial charge in [-0.05, 0) is 31.1 Å². The maximum atomic E-state index is 12.1. The van der Waals surface area contributed by atoms with Crippen LogP contribution in [-0.2, 0) is 9.53 Å². The van der Waals surface area contributed by atoms with Crippen LogP contribution >= 0.6 is 24.0 Å². The number of amides is 1. The minimum absolute atomic E-state index is 0. The van der Waals surface area contributed by atoms with Crippen LogP contribution in [0.5, 0.6) is 0 Å². The molecule has 2 fully saturated rings. The summed E-state index contributed by atoms with van der Waals surface area (Å²) in [4.78, 5) is 19.0. The van der Waals surface area contributed by atoms with Crippen molar-refractivity contribution in [2.45, 2.75) is 64.8 Å². The Bertz CT molecular complexity index is 492. The molecule has 1 saturated carbocycles. The number of nitrogens with one attached hydrogen (secondary N) is 3. The molecule has 3 N–H and O–H groups in total. The van der Waals surface area contributed by atoms with E-state index in [0.717, 1.165) is 45.2 Å². The van der Waals surface area contributed by atoms with E-state index >= 15 is 0 Å². The van der Waals surface area contributed by atoms with Gasteiger partial charge in [-0.25, -0.2) is 0 Å². The van der Waals surface area contributed by atoms with E-state index in [-0.39, 0.29) is 29.9 Å². The molecule has 7 nitrogen and oxygen atoms in total. The molecule has 2 aliphatic rings. The number of guanidine groups is 1. The standard InChI is InChI=1S/C22H43N5O2.HI/c1-18(2)15-20(27-11-13-29-14-12-27)17-26-22(23-3)25-10-9-24-21(28)16-19-7-5-4-6-8-19;/h18-20H,4-17H2,1-3H3,(H,24,28)(H2,23,25,26);1H. The highest BCUT2D eigenvalue weighted by Gasteiger charge is 2.22. The van der Waals surface area contributed by atoms with Gasteiger partial charge in [-0.15, -0.1) is 24.0 Å². The van der Waals surface area contributed by atoms with Crippen LogP contribution in [0, 0.1) is 11.8 Å². The third-order valence-electron chi connectivity index (χ3n) is 5.97. The third-order valence-corrected chi connectivity index (χ3v) is 5.97. The number of hydrogen-bond acceptors (Lipinski definition) is 4. The fourth-order valence-electron chi connectivity index (χ4n) is 4.39. The number of aliphatic imine (C=N–C) groups is 1. The molecule has 1 saturated heterocycles. The summed E-state index contributed by atoms with van der Waals surface area (Å²) in [5, 5.41) is 9.84. The molecule has 2 rings (SSSR count). The maximum Gasteiger partial charge on any atom is 0.220 e. The summed E-state index contributed by atoms with van der Waals surface area (Å²) in [7, 11) is 1.79. The van der Waals surface area contributed by atoms with Gasteiger partial charge < -0.3 is 20.7 Å². The molecule has 0 bridgehead atoms. The lowest BCUT2D eigenvalue weighted by Crippen LogP contribution is -2.51. The topological polar surface area (TPSA) is 78.0 Å². The van der Waals surface area contributed by atoms with Crippen LogP contribution in [0.15, 0.2) is 4.99 Å². The first-order valence-electron chi connectivity index (χ1n) is 11.6. The monoisotopic (exact) mass is 537 g/mol. The average molecular weight is 538 g/mol. The molecule has 176 valence electrons. The normalized spacial score (nSPS) is 19.8. The molecular weight excluding hydrogens is 493 g/mol. The summed E-state index contributed by atoms with van der Waals surface area (Å²) >= 11 is 0. The van der Waals surface area contributed by atoms with Crippen LogP contribution in [0.4, 0.5) is 0 Å². The van der Waals surface area contributed by atoms with Gasteiger partial charge in [0.25, 0.3) is 0 Å². The zero-order valence-electron chi connectivity index (χ0n) is 19.3. The second-order valence-electron chi connectivity index (χ2n) is 8.87. The van der Waals surface area contributed by atoms with E-state index in [1.807, 2.05) is 0 Å². The molecule has 1 aliphatic heterocycles. The molecule has 0 aromatic rings. The molecule has 1 unspecified atom stereocenters. The van der Waals surface area contributed by atoms with Crippen molar-refractivity contribution in [2.24, 2.45) is 16.8 Å². The quantitative estimate of drug-likeness (QED) is 0.173. The molecule has 0 aromatic heterocycles. The van der Waals surface area contributed by atoms with Crippen molar-refractivity contribution >= 4 is 35.8 Å². The van der Waals surface area contributed by atoms with Crippen molar-refractivity contribution in [2.75, 3.05) is 53.0 Å². The summed E-state index contributed by atoms with van der Waals surface area (Å²) in [6, 6.07) is 0.479. The zero-order valence-corrected chi connectivity index (χ0v) is 21.6. The summed E-state index contributed by atoms with van der Waals surface area (Å²) in [5.41, 5.74) is 0. The molecule has 0 aromatic carbocycles. The lowest BCUT2D eigenvalue weighted by Gasteiger charge is -2.35. The van der Waals surface area contributed by atoms with Gasteiger partial charge in [0.15, 0.2) is 5.96 Å². The van der Waals surface area contributed by atoms with Crippen LogP contribution in [0.1, 0.15) is 58.8 Å².